The molecule has 0 radical (unpaired) electrons. The third-order valence-corrected chi connectivity index (χ3v) is 9.37. The molecule has 1 aromatic heterocycles. The molecule has 1 amide bonds. The highest BCUT2D eigenvalue weighted by atomic mass is 32.2. The van der Waals surface area contributed by atoms with Gasteiger partial charge in [0.25, 0.3) is 10.0 Å². The lowest BCUT2D eigenvalue weighted by Crippen LogP contribution is -2.28. The molecule has 1 aliphatic carbocycles. The Bertz CT molecular complexity index is 1260. The largest absolute Gasteiger partial charge is 0.326 e. The van der Waals surface area contributed by atoms with Gasteiger partial charge in [0, 0.05) is 30.1 Å². The first-order valence-electron chi connectivity index (χ1n) is 12.1. The Hall–Kier alpha value is -2.68. The maximum atomic E-state index is 13.2. The van der Waals surface area contributed by atoms with Gasteiger partial charge in [0.1, 0.15) is 4.21 Å². The SMILES string of the molecule is CC(=O)Nc1cccc(-c2ccc(S(=O)(=O)Nc3ccccc3CN[C@@H](C)CC3CCCC3)s2)c1. The molecule has 3 aromatic rings. The summed E-state index contributed by atoms with van der Waals surface area (Å²) < 4.78 is 29.4. The summed E-state index contributed by atoms with van der Waals surface area (Å²) in [7, 11) is -3.74. The van der Waals surface area contributed by atoms with Crippen LogP contribution in [0.15, 0.2) is 64.9 Å². The number of sulfonamides is 1. The lowest BCUT2D eigenvalue weighted by atomic mass is 9.99. The van der Waals surface area contributed by atoms with E-state index in [1.807, 2.05) is 42.5 Å². The average Bonchev–Trinajstić information content (AvgIpc) is 3.51. The van der Waals surface area contributed by atoms with Crippen molar-refractivity contribution < 1.29 is 13.2 Å². The fourth-order valence-electron chi connectivity index (χ4n) is 4.66. The first-order chi connectivity index (χ1) is 16.8. The smallest absolute Gasteiger partial charge is 0.271 e. The highest BCUT2D eigenvalue weighted by Gasteiger charge is 2.20. The monoisotopic (exact) mass is 511 g/mol. The highest BCUT2D eigenvalue weighted by molar-refractivity contribution is 7.94. The predicted molar refractivity (Wildman–Crippen MR) is 144 cm³/mol. The molecule has 186 valence electrons. The van der Waals surface area contributed by atoms with E-state index in [4.69, 9.17) is 0 Å². The van der Waals surface area contributed by atoms with Crippen LogP contribution in [0.25, 0.3) is 10.4 Å². The maximum absolute atomic E-state index is 13.2. The summed E-state index contributed by atoms with van der Waals surface area (Å²) in [6, 6.07) is 18.7. The average molecular weight is 512 g/mol. The number of rotatable bonds is 10. The molecular weight excluding hydrogens is 478 g/mol. The van der Waals surface area contributed by atoms with Crippen LogP contribution in [0.3, 0.4) is 0 Å². The summed E-state index contributed by atoms with van der Waals surface area (Å²) in [5, 5.41) is 6.33. The Labute approximate surface area is 212 Å². The normalized spacial score (nSPS) is 15.1. The molecule has 4 rings (SSSR count). The number of para-hydroxylation sites is 1. The van der Waals surface area contributed by atoms with Gasteiger partial charge < -0.3 is 10.6 Å². The minimum absolute atomic E-state index is 0.151. The van der Waals surface area contributed by atoms with Crippen molar-refractivity contribution in [2.45, 2.75) is 62.7 Å². The molecule has 0 saturated heterocycles. The van der Waals surface area contributed by atoms with E-state index in [2.05, 4.69) is 22.3 Å². The van der Waals surface area contributed by atoms with Crippen molar-refractivity contribution >= 4 is 38.6 Å². The number of hydrogen-bond donors (Lipinski definition) is 3. The van der Waals surface area contributed by atoms with Crippen molar-refractivity contribution in [3.63, 3.8) is 0 Å². The van der Waals surface area contributed by atoms with Crippen LogP contribution in [0, 0.1) is 5.92 Å². The van der Waals surface area contributed by atoms with Gasteiger partial charge in [0.2, 0.25) is 5.91 Å². The Morgan fingerprint density at radius 1 is 1.06 bits per heavy atom. The first kappa shape index (κ1) is 25.4. The van der Waals surface area contributed by atoms with Crippen LogP contribution in [0.1, 0.15) is 51.5 Å². The zero-order valence-corrected chi connectivity index (χ0v) is 21.8. The maximum Gasteiger partial charge on any atom is 0.271 e. The molecular formula is C27H33N3O3S2. The minimum atomic E-state index is -3.74. The summed E-state index contributed by atoms with van der Waals surface area (Å²) in [5.41, 5.74) is 3.04. The number of thiophene rings is 1. The molecule has 3 N–H and O–H groups in total. The van der Waals surface area contributed by atoms with Crippen LogP contribution in [0.5, 0.6) is 0 Å². The topological polar surface area (TPSA) is 87.3 Å². The van der Waals surface area contributed by atoms with Gasteiger partial charge in [-0.3, -0.25) is 9.52 Å². The van der Waals surface area contributed by atoms with E-state index in [0.29, 0.717) is 24.0 Å². The molecule has 35 heavy (non-hydrogen) atoms. The molecule has 1 fully saturated rings. The van der Waals surface area contributed by atoms with Crippen LogP contribution in [0.2, 0.25) is 0 Å². The van der Waals surface area contributed by atoms with Crippen molar-refractivity contribution in [2.24, 2.45) is 5.92 Å². The standard InChI is InChI=1S/C27H33N3O3S2/c1-19(16-21-8-3-4-9-21)28-18-23-10-5-6-13-25(23)30-35(32,33)27-15-14-26(34-27)22-11-7-12-24(17-22)29-20(2)31/h5-7,10-15,17,19,21,28,30H,3-4,8-9,16,18H2,1-2H3,(H,29,31)/t19-/m0/s1. The fourth-order valence-corrected chi connectivity index (χ4v) is 7.06. The van der Waals surface area contributed by atoms with Gasteiger partial charge in [-0.05, 0) is 60.7 Å². The van der Waals surface area contributed by atoms with Crippen LogP contribution < -0.4 is 15.4 Å². The van der Waals surface area contributed by atoms with Gasteiger partial charge >= 0.3 is 0 Å². The second-order valence-electron chi connectivity index (χ2n) is 9.31. The van der Waals surface area contributed by atoms with Crippen LogP contribution >= 0.6 is 11.3 Å². The van der Waals surface area contributed by atoms with Gasteiger partial charge in [-0.25, -0.2) is 8.42 Å². The van der Waals surface area contributed by atoms with E-state index in [9.17, 15) is 13.2 Å². The lowest BCUT2D eigenvalue weighted by molar-refractivity contribution is -0.114. The molecule has 0 spiro atoms. The van der Waals surface area contributed by atoms with Gasteiger partial charge in [0.15, 0.2) is 0 Å². The van der Waals surface area contributed by atoms with Crippen molar-refractivity contribution in [3.05, 3.63) is 66.2 Å². The van der Waals surface area contributed by atoms with E-state index in [1.54, 1.807) is 18.2 Å². The predicted octanol–water partition coefficient (Wildman–Crippen LogP) is 6.23. The lowest BCUT2D eigenvalue weighted by Gasteiger charge is -2.19. The van der Waals surface area contributed by atoms with Crippen molar-refractivity contribution in [2.75, 3.05) is 10.0 Å². The fraction of sp³-hybridized carbons (Fsp3) is 0.370. The minimum Gasteiger partial charge on any atom is -0.326 e. The highest BCUT2D eigenvalue weighted by Crippen LogP contribution is 2.33. The molecule has 6 nitrogen and oxygen atoms in total. The second kappa shape index (κ2) is 11.4. The number of benzene rings is 2. The zero-order valence-electron chi connectivity index (χ0n) is 20.2. The van der Waals surface area contributed by atoms with E-state index >= 15 is 0 Å². The summed E-state index contributed by atoms with van der Waals surface area (Å²) >= 11 is 1.20. The van der Waals surface area contributed by atoms with Gasteiger partial charge in [-0.2, -0.15) is 0 Å². The molecule has 1 saturated carbocycles. The molecule has 0 aliphatic heterocycles. The molecule has 0 unspecified atom stereocenters. The number of carbonyl (C=O) groups excluding carboxylic acids is 1. The van der Waals surface area contributed by atoms with Gasteiger partial charge in [0.05, 0.1) is 5.69 Å². The Kier molecular flexibility index (Phi) is 8.26. The Morgan fingerprint density at radius 2 is 1.83 bits per heavy atom. The molecule has 2 aromatic carbocycles. The quantitative estimate of drug-likeness (QED) is 0.301. The van der Waals surface area contributed by atoms with E-state index < -0.39 is 10.0 Å². The summed E-state index contributed by atoms with van der Waals surface area (Å²) in [6.07, 6.45) is 6.49. The number of amides is 1. The number of carbonyl (C=O) groups is 1. The molecule has 0 bridgehead atoms. The number of nitrogens with one attached hydrogen (secondary N) is 3. The molecule has 1 aliphatic rings. The van der Waals surface area contributed by atoms with Crippen LogP contribution in [-0.2, 0) is 21.4 Å². The third-order valence-electron chi connectivity index (χ3n) is 6.38. The van der Waals surface area contributed by atoms with Crippen LogP contribution in [-0.4, -0.2) is 20.4 Å². The zero-order chi connectivity index (χ0) is 24.8. The molecule has 8 heteroatoms. The van der Waals surface area contributed by atoms with Crippen molar-refractivity contribution in [1.82, 2.24) is 5.32 Å². The molecule has 1 atom stereocenters. The Balaban J connectivity index is 1.44. The first-order valence-corrected chi connectivity index (χ1v) is 14.4. The van der Waals surface area contributed by atoms with Gasteiger partial charge in [-0.15, -0.1) is 11.3 Å². The summed E-state index contributed by atoms with van der Waals surface area (Å²) in [5.74, 6) is 0.653. The van der Waals surface area contributed by atoms with Gasteiger partial charge in [-0.1, -0.05) is 56.0 Å². The van der Waals surface area contributed by atoms with E-state index in [-0.39, 0.29) is 10.1 Å². The van der Waals surface area contributed by atoms with E-state index in [1.165, 1.54) is 43.9 Å². The van der Waals surface area contributed by atoms with E-state index in [0.717, 1.165) is 28.3 Å². The van der Waals surface area contributed by atoms with Crippen LogP contribution in [0.4, 0.5) is 11.4 Å². The molecule has 1 heterocycles. The number of hydrogen-bond acceptors (Lipinski definition) is 5. The summed E-state index contributed by atoms with van der Waals surface area (Å²) in [6.45, 7) is 4.27. The Morgan fingerprint density at radius 3 is 2.60 bits per heavy atom. The van der Waals surface area contributed by atoms with Crippen molar-refractivity contribution in [1.29, 1.82) is 0 Å². The number of anilines is 2. The van der Waals surface area contributed by atoms with Crippen molar-refractivity contribution in [3.8, 4) is 10.4 Å². The second-order valence-corrected chi connectivity index (χ2v) is 12.3. The summed E-state index contributed by atoms with van der Waals surface area (Å²) in [4.78, 5) is 12.2. The third kappa shape index (κ3) is 6.93.